The first kappa shape index (κ1) is 12.3. The summed E-state index contributed by atoms with van der Waals surface area (Å²) in [6.07, 6.45) is 2.52. The third kappa shape index (κ3) is 1.98. The maximum Gasteiger partial charge on any atom is 0.0595 e. The van der Waals surface area contributed by atoms with Gasteiger partial charge in [0.05, 0.1) is 15.2 Å². The van der Waals surface area contributed by atoms with Crippen LogP contribution in [0, 0.1) is 5.41 Å². The summed E-state index contributed by atoms with van der Waals surface area (Å²) in [6.45, 7) is 6.87. The number of benzene rings is 1. The molecular formula is C13H17BrClN. The first-order chi connectivity index (χ1) is 7.62. The van der Waals surface area contributed by atoms with Gasteiger partial charge >= 0.3 is 0 Å². The summed E-state index contributed by atoms with van der Waals surface area (Å²) in [4.78, 5) is 2.41. The molecule has 0 saturated carbocycles. The van der Waals surface area contributed by atoms with Crippen LogP contribution in [0.5, 0.6) is 0 Å². The highest BCUT2D eigenvalue weighted by Crippen LogP contribution is 2.43. The lowest BCUT2D eigenvalue weighted by Gasteiger charge is -2.51. The van der Waals surface area contributed by atoms with Gasteiger partial charge in [0.15, 0.2) is 0 Å². The fourth-order valence-corrected chi connectivity index (χ4v) is 3.05. The second-order valence-corrected chi connectivity index (χ2v) is 5.84. The van der Waals surface area contributed by atoms with E-state index in [0.29, 0.717) is 5.41 Å². The fraction of sp³-hybridized carbons (Fsp3) is 0.538. The Morgan fingerprint density at radius 2 is 1.94 bits per heavy atom. The highest BCUT2D eigenvalue weighted by molar-refractivity contribution is 9.10. The van der Waals surface area contributed by atoms with Crippen LogP contribution in [-0.4, -0.2) is 13.1 Å². The van der Waals surface area contributed by atoms with Crippen LogP contribution in [0.25, 0.3) is 0 Å². The van der Waals surface area contributed by atoms with E-state index in [9.17, 15) is 0 Å². The Balaban J connectivity index is 2.15. The maximum atomic E-state index is 6.10. The van der Waals surface area contributed by atoms with Gasteiger partial charge in [-0.15, -0.1) is 0 Å². The van der Waals surface area contributed by atoms with E-state index in [1.165, 1.54) is 18.5 Å². The summed E-state index contributed by atoms with van der Waals surface area (Å²) in [5.74, 6) is 0. The zero-order valence-corrected chi connectivity index (χ0v) is 12.1. The Hall–Kier alpha value is -0.210. The van der Waals surface area contributed by atoms with Crippen LogP contribution in [0.2, 0.25) is 5.02 Å². The second-order valence-electron chi connectivity index (χ2n) is 4.64. The van der Waals surface area contributed by atoms with Gasteiger partial charge in [-0.2, -0.15) is 0 Å². The van der Waals surface area contributed by atoms with E-state index in [0.717, 1.165) is 22.6 Å². The van der Waals surface area contributed by atoms with E-state index >= 15 is 0 Å². The first-order valence-corrected chi connectivity index (χ1v) is 6.98. The Morgan fingerprint density at radius 3 is 2.50 bits per heavy atom. The molecule has 0 atom stereocenters. The van der Waals surface area contributed by atoms with Crippen molar-refractivity contribution in [2.75, 3.05) is 18.0 Å². The van der Waals surface area contributed by atoms with E-state index in [1.54, 1.807) is 0 Å². The van der Waals surface area contributed by atoms with Gasteiger partial charge in [-0.1, -0.05) is 31.5 Å². The van der Waals surface area contributed by atoms with Gasteiger partial charge in [0.1, 0.15) is 0 Å². The summed E-state index contributed by atoms with van der Waals surface area (Å²) in [5.41, 5.74) is 1.76. The molecule has 1 fully saturated rings. The molecule has 0 aliphatic carbocycles. The summed E-state index contributed by atoms with van der Waals surface area (Å²) >= 11 is 9.67. The fourth-order valence-electron chi connectivity index (χ4n) is 2.37. The predicted octanol–water partition coefficient (Wildman–Crippen LogP) is 4.73. The number of rotatable bonds is 3. The summed E-state index contributed by atoms with van der Waals surface area (Å²) in [6, 6.07) is 6.06. The topological polar surface area (TPSA) is 3.24 Å². The van der Waals surface area contributed by atoms with Crippen molar-refractivity contribution in [3.8, 4) is 0 Å². The molecule has 3 heteroatoms. The van der Waals surface area contributed by atoms with Crippen LogP contribution >= 0.6 is 27.5 Å². The lowest BCUT2D eigenvalue weighted by molar-refractivity contribution is 0.194. The molecule has 1 saturated heterocycles. The van der Waals surface area contributed by atoms with Crippen LogP contribution in [0.1, 0.15) is 26.7 Å². The van der Waals surface area contributed by atoms with Crippen LogP contribution in [0.15, 0.2) is 22.7 Å². The molecule has 1 heterocycles. The van der Waals surface area contributed by atoms with Crippen molar-refractivity contribution in [1.29, 1.82) is 0 Å². The van der Waals surface area contributed by atoms with Crippen molar-refractivity contribution in [3.63, 3.8) is 0 Å². The molecule has 88 valence electrons. The largest absolute Gasteiger partial charge is 0.369 e. The molecule has 1 aliphatic heterocycles. The normalized spacial score (nSPS) is 18.4. The molecule has 1 aromatic carbocycles. The molecule has 16 heavy (non-hydrogen) atoms. The van der Waals surface area contributed by atoms with Crippen molar-refractivity contribution in [2.24, 2.45) is 5.41 Å². The van der Waals surface area contributed by atoms with Gasteiger partial charge < -0.3 is 4.90 Å². The Kier molecular flexibility index (Phi) is 3.50. The monoisotopic (exact) mass is 301 g/mol. The van der Waals surface area contributed by atoms with Gasteiger partial charge in [-0.05, 0) is 40.9 Å². The average Bonchev–Trinajstić information content (AvgIpc) is 2.24. The van der Waals surface area contributed by atoms with Crippen LogP contribution in [0.4, 0.5) is 5.69 Å². The summed E-state index contributed by atoms with van der Waals surface area (Å²) in [7, 11) is 0. The number of halogens is 2. The highest BCUT2D eigenvalue weighted by Gasteiger charge is 2.40. The maximum absolute atomic E-state index is 6.10. The van der Waals surface area contributed by atoms with Gasteiger partial charge in [0, 0.05) is 18.5 Å². The van der Waals surface area contributed by atoms with E-state index < -0.39 is 0 Å². The Morgan fingerprint density at radius 1 is 1.31 bits per heavy atom. The third-order valence-corrected chi connectivity index (χ3v) is 5.20. The minimum Gasteiger partial charge on any atom is -0.369 e. The van der Waals surface area contributed by atoms with Crippen molar-refractivity contribution in [2.45, 2.75) is 26.7 Å². The van der Waals surface area contributed by atoms with Crippen molar-refractivity contribution in [1.82, 2.24) is 0 Å². The van der Waals surface area contributed by atoms with Gasteiger partial charge in [-0.3, -0.25) is 0 Å². The molecule has 0 bridgehead atoms. The second kappa shape index (κ2) is 4.58. The molecule has 0 N–H and O–H groups in total. The third-order valence-electron chi connectivity index (χ3n) is 3.82. The quantitative estimate of drug-likeness (QED) is 0.780. The zero-order chi connectivity index (χ0) is 11.8. The molecule has 0 radical (unpaired) electrons. The van der Waals surface area contributed by atoms with Gasteiger partial charge in [0.2, 0.25) is 0 Å². The van der Waals surface area contributed by atoms with Gasteiger partial charge in [-0.25, -0.2) is 0 Å². The van der Waals surface area contributed by atoms with Crippen molar-refractivity contribution >= 4 is 33.2 Å². The number of anilines is 1. The average molecular weight is 303 g/mol. The number of hydrogen-bond donors (Lipinski definition) is 0. The molecule has 1 aliphatic rings. The number of nitrogens with zero attached hydrogens (tertiary/aromatic N) is 1. The predicted molar refractivity (Wildman–Crippen MR) is 74.4 cm³/mol. The minimum atomic E-state index is 0.530. The van der Waals surface area contributed by atoms with E-state index in [-0.39, 0.29) is 0 Å². The van der Waals surface area contributed by atoms with E-state index in [2.05, 4.69) is 40.7 Å². The molecule has 0 aromatic heterocycles. The SMILES string of the molecule is CCC1(CC)CN(c2cccc(Cl)c2Br)C1. The van der Waals surface area contributed by atoms with E-state index in [4.69, 9.17) is 11.6 Å². The Labute approximate surface area is 111 Å². The molecule has 1 nitrogen and oxygen atoms in total. The first-order valence-electron chi connectivity index (χ1n) is 5.81. The molecule has 2 rings (SSSR count). The van der Waals surface area contributed by atoms with Crippen molar-refractivity contribution < 1.29 is 0 Å². The molecular weight excluding hydrogens is 286 g/mol. The lowest BCUT2D eigenvalue weighted by atomic mass is 9.75. The smallest absolute Gasteiger partial charge is 0.0595 e. The highest BCUT2D eigenvalue weighted by atomic mass is 79.9. The molecule has 0 unspecified atom stereocenters. The van der Waals surface area contributed by atoms with E-state index in [1.807, 2.05) is 12.1 Å². The lowest BCUT2D eigenvalue weighted by Crippen LogP contribution is -2.56. The number of hydrogen-bond acceptors (Lipinski definition) is 1. The van der Waals surface area contributed by atoms with Crippen LogP contribution in [-0.2, 0) is 0 Å². The van der Waals surface area contributed by atoms with Crippen LogP contribution < -0.4 is 4.90 Å². The summed E-state index contributed by atoms with van der Waals surface area (Å²) in [5, 5.41) is 0.794. The standard InChI is InChI=1S/C13H17BrClN/c1-3-13(4-2)8-16(9-13)11-7-5-6-10(15)12(11)14/h5-7H,3-4,8-9H2,1-2H3. The zero-order valence-electron chi connectivity index (χ0n) is 9.76. The van der Waals surface area contributed by atoms with Gasteiger partial charge in [0.25, 0.3) is 0 Å². The summed E-state index contributed by atoms with van der Waals surface area (Å²) < 4.78 is 1.03. The molecule has 0 spiro atoms. The Bertz CT molecular complexity index is 380. The van der Waals surface area contributed by atoms with Crippen LogP contribution in [0.3, 0.4) is 0 Å². The van der Waals surface area contributed by atoms with Crippen molar-refractivity contribution in [3.05, 3.63) is 27.7 Å². The molecule has 1 aromatic rings. The molecule has 0 amide bonds. The minimum absolute atomic E-state index is 0.530.